The summed E-state index contributed by atoms with van der Waals surface area (Å²) < 4.78 is 0. The number of hydrogen-bond acceptors (Lipinski definition) is 2. The van der Waals surface area contributed by atoms with Crippen LogP contribution in [0.5, 0.6) is 0 Å². The van der Waals surface area contributed by atoms with E-state index < -0.39 is 5.60 Å². The van der Waals surface area contributed by atoms with Gasteiger partial charge in [0.15, 0.2) is 0 Å². The predicted octanol–water partition coefficient (Wildman–Crippen LogP) is 3.42. The third kappa shape index (κ3) is 5.22. The molecule has 0 aliphatic carbocycles. The normalized spacial score (nSPS) is 14.7. The third-order valence-electron chi connectivity index (χ3n) is 4.08. The summed E-state index contributed by atoms with van der Waals surface area (Å²) >= 11 is 0. The van der Waals surface area contributed by atoms with Gasteiger partial charge >= 0.3 is 0 Å². The standard InChI is InChI=1S/C20H25NO2/c1-3-18(14-16-10-6-4-7-11-16)21-19(22)15-20(2,23)17-12-8-5-9-13-17/h4-13,18,23H,3,14-15H2,1-2H3,(H,21,22). The molecule has 0 aliphatic heterocycles. The van der Waals surface area contributed by atoms with E-state index in [1.165, 1.54) is 5.56 Å². The lowest BCUT2D eigenvalue weighted by Gasteiger charge is -2.25. The Kier molecular flexibility index (Phi) is 5.94. The molecule has 1 amide bonds. The molecule has 3 heteroatoms. The number of amides is 1. The van der Waals surface area contributed by atoms with Gasteiger partial charge in [-0.1, -0.05) is 67.6 Å². The molecule has 0 aromatic heterocycles. The molecule has 23 heavy (non-hydrogen) atoms. The molecule has 3 nitrogen and oxygen atoms in total. The van der Waals surface area contributed by atoms with Gasteiger partial charge < -0.3 is 10.4 Å². The van der Waals surface area contributed by atoms with Gasteiger partial charge in [0, 0.05) is 6.04 Å². The molecule has 0 radical (unpaired) electrons. The SMILES string of the molecule is CCC(Cc1ccccc1)NC(=O)CC(C)(O)c1ccccc1. The van der Waals surface area contributed by atoms with Gasteiger partial charge in [-0.05, 0) is 30.9 Å². The fraction of sp³-hybridized carbons (Fsp3) is 0.350. The molecule has 122 valence electrons. The number of benzene rings is 2. The number of hydrogen-bond donors (Lipinski definition) is 2. The van der Waals surface area contributed by atoms with Crippen molar-refractivity contribution >= 4 is 5.91 Å². The predicted molar refractivity (Wildman–Crippen MR) is 93.0 cm³/mol. The van der Waals surface area contributed by atoms with Crippen LogP contribution in [0.2, 0.25) is 0 Å². The van der Waals surface area contributed by atoms with Crippen molar-refractivity contribution in [3.63, 3.8) is 0 Å². The molecule has 0 aliphatic rings. The molecule has 0 saturated heterocycles. The lowest BCUT2D eigenvalue weighted by molar-refractivity contribution is -0.126. The van der Waals surface area contributed by atoms with Crippen LogP contribution in [0.4, 0.5) is 0 Å². The highest BCUT2D eigenvalue weighted by atomic mass is 16.3. The van der Waals surface area contributed by atoms with Crippen molar-refractivity contribution in [2.75, 3.05) is 0 Å². The zero-order valence-corrected chi connectivity index (χ0v) is 13.8. The van der Waals surface area contributed by atoms with Crippen molar-refractivity contribution < 1.29 is 9.90 Å². The van der Waals surface area contributed by atoms with Crippen LogP contribution in [0.3, 0.4) is 0 Å². The maximum atomic E-state index is 12.3. The minimum Gasteiger partial charge on any atom is -0.385 e. The average molecular weight is 311 g/mol. The highest BCUT2D eigenvalue weighted by Gasteiger charge is 2.27. The summed E-state index contributed by atoms with van der Waals surface area (Å²) in [6.45, 7) is 3.74. The molecule has 2 unspecified atom stereocenters. The molecule has 0 saturated carbocycles. The van der Waals surface area contributed by atoms with Gasteiger partial charge in [-0.3, -0.25) is 4.79 Å². The lowest BCUT2D eigenvalue weighted by atomic mass is 9.92. The molecular weight excluding hydrogens is 286 g/mol. The number of carbonyl (C=O) groups excluding carboxylic acids is 1. The van der Waals surface area contributed by atoms with E-state index in [9.17, 15) is 9.90 Å². The Bertz CT molecular complexity index is 608. The van der Waals surface area contributed by atoms with E-state index in [-0.39, 0.29) is 18.4 Å². The Balaban J connectivity index is 1.94. The number of rotatable bonds is 7. The van der Waals surface area contributed by atoms with Crippen LogP contribution in [0, 0.1) is 0 Å². The van der Waals surface area contributed by atoms with Crippen molar-refractivity contribution in [3.05, 3.63) is 71.8 Å². The number of carbonyl (C=O) groups is 1. The Hall–Kier alpha value is -2.13. The molecular formula is C20H25NO2. The quantitative estimate of drug-likeness (QED) is 0.823. The van der Waals surface area contributed by atoms with Crippen LogP contribution in [-0.4, -0.2) is 17.1 Å². The topological polar surface area (TPSA) is 49.3 Å². The van der Waals surface area contributed by atoms with Crippen LogP contribution >= 0.6 is 0 Å². The van der Waals surface area contributed by atoms with E-state index >= 15 is 0 Å². The van der Waals surface area contributed by atoms with E-state index in [1.807, 2.05) is 48.5 Å². The summed E-state index contributed by atoms with van der Waals surface area (Å²) in [6.07, 6.45) is 1.72. The van der Waals surface area contributed by atoms with Crippen molar-refractivity contribution in [2.45, 2.75) is 44.8 Å². The van der Waals surface area contributed by atoms with E-state index in [0.29, 0.717) is 0 Å². The van der Waals surface area contributed by atoms with E-state index in [4.69, 9.17) is 0 Å². The van der Waals surface area contributed by atoms with Gasteiger partial charge in [-0.2, -0.15) is 0 Å². The Labute approximate surface area is 138 Å². The Morgan fingerprint density at radius 1 is 1.09 bits per heavy atom. The smallest absolute Gasteiger partial charge is 0.223 e. The summed E-state index contributed by atoms with van der Waals surface area (Å²) in [4.78, 5) is 12.3. The van der Waals surface area contributed by atoms with Crippen LogP contribution in [0.25, 0.3) is 0 Å². The van der Waals surface area contributed by atoms with E-state index in [0.717, 1.165) is 18.4 Å². The maximum Gasteiger partial charge on any atom is 0.223 e. The minimum absolute atomic E-state index is 0.0578. The minimum atomic E-state index is -1.16. The number of nitrogens with one attached hydrogen (secondary N) is 1. The molecule has 2 rings (SSSR count). The Morgan fingerprint density at radius 3 is 2.22 bits per heavy atom. The second-order valence-corrected chi connectivity index (χ2v) is 6.18. The summed E-state index contributed by atoms with van der Waals surface area (Å²) in [5.74, 6) is -0.123. The third-order valence-corrected chi connectivity index (χ3v) is 4.08. The van der Waals surface area contributed by atoms with Gasteiger partial charge in [-0.15, -0.1) is 0 Å². The molecule has 2 N–H and O–H groups in total. The molecule has 2 aromatic rings. The van der Waals surface area contributed by atoms with Crippen LogP contribution < -0.4 is 5.32 Å². The van der Waals surface area contributed by atoms with Crippen LogP contribution in [0.15, 0.2) is 60.7 Å². The fourth-order valence-electron chi connectivity index (χ4n) is 2.69. The molecule has 2 atom stereocenters. The highest BCUT2D eigenvalue weighted by molar-refractivity contribution is 5.77. The van der Waals surface area contributed by atoms with Crippen LogP contribution in [0.1, 0.15) is 37.8 Å². The van der Waals surface area contributed by atoms with Crippen molar-refractivity contribution in [3.8, 4) is 0 Å². The molecule has 0 heterocycles. The molecule has 0 spiro atoms. The van der Waals surface area contributed by atoms with Gasteiger partial charge in [-0.25, -0.2) is 0 Å². The zero-order chi connectivity index (χ0) is 16.7. The first kappa shape index (κ1) is 17.2. The summed E-state index contributed by atoms with van der Waals surface area (Å²) in [5.41, 5.74) is 0.803. The van der Waals surface area contributed by atoms with E-state index in [2.05, 4.69) is 24.4 Å². The molecule has 2 aromatic carbocycles. The number of aliphatic hydroxyl groups is 1. The van der Waals surface area contributed by atoms with Gasteiger partial charge in [0.1, 0.15) is 0 Å². The first-order chi connectivity index (χ1) is 11.0. The second-order valence-electron chi connectivity index (χ2n) is 6.18. The largest absolute Gasteiger partial charge is 0.385 e. The monoisotopic (exact) mass is 311 g/mol. The summed E-state index contributed by atoms with van der Waals surface area (Å²) in [5, 5.41) is 13.6. The van der Waals surface area contributed by atoms with Gasteiger partial charge in [0.05, 0.1) is 12.0 Å². The van der Waals surface area contributed by atoms with Crippen molar-refractivity contribution in [2.24, 2.45) is 0 Å². The first-order valence-electron chi connectivity index (χ1n) is 8.12. The summed E-state index contributed by atoms with van der Waals surface area (Å²) in [6, 6.07) is 19.5. The highest BCUT2D eigenvalue weighted by Crippen LogP contribution is 2.24. The van der Waals surface area contributed by atoms with Crippen molar-refractivity contribution in [1.29, 1.82) is 0 Å². The van der Waals surface area contributed by atoms with E-state index in [1.54, 1.807) is 6.92 Å². The van der Waals surface area contributed by atoms with Gasteiger partial charge in [0.2, 0.25) is 5.91 Å². The maximum absolute atomic E-state index is 12.3. The van der Waals surface area contributed by atoms with Crippen LogP contribution in [-0.2, 0) is 16.8 Å². The Morgan fingerprint density at radius 2 is 1.65 bits per heavy atom. The average Bonchev–Trinajstić information content (AvgIpc) is 2.55. The second kappa shape index (κ2) is 7.93. The molecule has 0 fully saturated rings. The van der Waals surface area contributed by atoms with Crippen molar-refractivity contribution in [1.82, 2.24) is 5.32 Å². The fourth-order valence-corrected chi connectivity index (χ4v) is 2.69. The van der Waals surface area contributed by atoms with Gasteiger partial charge in [0.25, 0.3) is 0 Å². The summed E-state index contributed by atoms with van der Waals surface area (Å²) in [7, 11) is 0. The zero-order valence-electron chi connectivity index (χ0n) is 13.8. The first-order valence-corrected chi connectivity index (χ1v) is 8.12. The molecule has 0 bridgehead atoms. The lowest BCUT2D eigenvalue weighted by Crippen LogP contribution is -2.39.